The van der Waals surface area contributed by atoms with Gasteiger partial charge < -0.3 is 4.98 Å². The lowest BCUT2D eigenvalue weighted by Crippen LogP contribution is -2.13. The number of nitrogens with one attached hydrogen (secondary N) is 2. The molecule has 5 nitrogen and oxygen atoms in total. The monoisotopic (exact) mass is 543 g/mol. The minimum Gasteiger partial charge on any atom is -0.345 e. The van der Waals surface area contributed by atoms with Crippen molar-refractivity contribution in [3.63, 3.8) is 0 Å². The van der Waals surface area contributed by atoms with E-state index in [9.17, 15) is 12.8 Å². The summed E-state index contributed by atoms with van der Waals surface area (Å²) in [6, 6.07) is 5.99. The van der Waals surface area contributed by atoms with Crippen LogP contribution < -0.4 is 4.72 Å². The van der Waals surface area contributed by atoms with Crippen LogP contribution >= 0.6 is 45.2 Å². The second kappa shape index (κ2) is 5.92. The van der Waals surface area contributed by atoms with Crippen LogP contribution in [-0.4, -0.2) is 18.4 Å². The molecule has 0 saturated carbocycles. The number of halogens is 3. The van der Waals surface area contributed by atoms with Crippen LogP contribution in [0.1, 0.15) is 0 Å². The zero-order valence-electron chi connectivity index (χ0n) is 10.8. The number of nitrogens with zero attached hydrogens (tertiary/aromatic N) is 1. The highest BCUT2D eigenvalue weighted by Gasteiger charge is 2.21. The van der Waals surface area contributed by atoms with Crippen LogP contribution in [0.2, 0.25) is 0 Å². The molecule has 0 aliphatic carbocycles. The van der Waals surface area contributed by atoms with Crippen molar-refractivity contribution in [1.29, 1.82) is 0 Å². The first-order valence-electron chi connectivity index (χ1n) is 5.97. The van der Waals surface area contributed by atoms with Gasteiger partial charge in [-0.25, -0.2) is 17.8 Å². The Kier molecular flexibility index (Phi) is 4.29. The number of rotatable bonds is 3. The van der Waals surface area contributed by atoms with Gasteiger partial charge in [0.05, 0.1) is 5.69 Å². The van der Waals surface area contributed by atoms with E-state index in [0.29, 0.717) is 14.6 Å². The fourth-order valence-electron chi connectivity index (χ4n) is 1.95. The van der Waals surface area contributed by atoms with Crippen molar-refractivity contribution in [2.24, 2.45) is 0 Å². The number of benzene rings is 1. The molecule has 0 saturated heterocycles. The van der Waals surface area contributed by atoms with Crippen LogP contribution in [0.3, 0.4) is 0 Å². The van der Waals surface area contributed by atoms with Gasteiger partial charge in [-0.3, -0.25) is 4.72 Å². The Bertz CT molecular complexity index is 973. The zero-order valence-corrected chi connectivity index (χ0v) is 15.9. The minimum absolute atomic E-state index is 0.0338. The van der Waals surface area contributed by atoms with Crippen molar-refractivity contribution in [2.75, 3.05) is 4.72 Å². The third-order valence-electron chi connectivity index (χ3n) is 2.92. The summed E-state index contributed by atoms with van der Waals surface area (Å²) in [5.41, 5.74) is 0.372. The van der Waals surface area contributed by atoms with Crippen molar-refractivity contribution in [3.8, 4) is 0 Å². The number of hydrogen-bond donors (Lipinski definition) is 2. The van der Waals surface area contributed by atoms with Gasteiger partial charge in [0, 0.05) is 24.9 Å². The molecule has 0 amide bonds. The quantitative estimate of drug-likeness (QED) is 0.496. The molecule has 3 aromatic rings. The van der Waals surface area contributed by atoms with E-state index in [2.05, 4.69) is 37.3 Å². The SMILES string of the molecule is O=S(=O)(Nc1ccc(I)cc1F)c1c[nH]c2ncc(I)cc12. The van der Waals surface area contributed by atoms with Crippen LogP contribution in [0.25, 0.3) is 11.0 Å². The number of fused-ring (bicyclic) bond motifs is 1. The average Bonchev–Trinajstić information content (AvgIpc) is 2.85. The van der Waals surface area contributed by atoms with Crippen LogP contribution in [-0.2, 0) is 10.0 Å². The molecule has 0 fully saturated rings. The Morgan fingerprint density at radius 1 is 1.18 bits per heavy atom. The Morgan fingerprint density at radius 3 is 2.68 bits per heavy atom. The summed E-state index contributed by atoms with van der Waals surface area (Å²) in [7, 11) is -3.92. The maximum Gasteiger partial charge on any atom is 0.264 e. The van der Waals surface area contributed by atoms with E-state index >= 15 is 0 Å². The van der Waals surface area contributed by atoms with E-state index < -0.39 is 15.8 Å². The number of hydrogen-bond acceptors (Lipinski definition) is 3. The summed E-state index contributed by atoms with van der Waals surface area (Å²) in [6.07, 6.45) is 2.97. The van der Waals surface area contributed by atoms with Crippen molar-refractivity contribution in [2.45, 2.75) is 4.90 Å². The third kappa shape index (κ3) is 3.06. The van der Waals surface area contributed by atoms with Gasteiger partial charge in [-0.2, -0.15) is 0 Å². The number of pyridine rings is 1. The molecule has 22 heavy (non-hydrogen) atoms. The third-order valence-corrected chi connectivity index (χ3v) is 5.59. The molecule has 2 heterocycles. The smallest absolute Gasteiger partial charge is 0.264 e. The molecule has 3 rings (SSSR count). The van der Waals surface area contributed by atoms with E-state index in [4.69, 9.17) is 0 Å². The fourth-order valence-corrected chi connectivity index (χ4v) is 4.08. The standard InChI is InChI=1S/C13H8FI2N3O2S/c14-10-4-7(15)1-2-11(10)19-22(20,21)12-6-18-13-9(12)3-8(16)5-17-13/h1-6,19H,(H,17,18). The molecular formula is C13H8FI2N3O2S. The largest absolute Gasteiger partial charge is 0.345 e. The number of aromatic nitrogens is 2. The summed E-state index contributed by atoms with van der Waals surface area (Å²) >= 11 is 4.00. The van der Waals surface area contributed by atoms with Crippen LogP contribution in [0, 0.1) is 13.0 Å². The van der Waals surface area contributed by atoms with Gasteiger partial charge in [0.25, 0.3) is 10.0 Å². The summed E-state index contributed by atoms with van der Waals surface area (Å²) in [4.78, 5) is 6.96. The molecule has 0 spiro atoms. The molecule has 0 aliphatic rings. The molecule has 0 unspecified atom stereocenters. The summed E-state index contributed by atoms with van der Waals surface area (Å²) in [5.74, 6) is -0.622. The molecule has 2 aromatic heterocycles. The molecule has 2 N–H and O–H groups in total. The van der Waals surface area contributed by atoms with Crippen LogP contribution in [0.5, 0.6) is 0 Å². The fraction of sp³-hybridized carbons (Fsp3) is 0. The van der Waals surface area contributed by atoms with Crippen molar-refractivity contribution < 1.29 is 12.8 Å². The number of sulfonamides is 1. The average molecular weight is 543 g/mol. The Hall–Kier alpha value is -0.950. The Morgan fingerprint density at radius 2 is 1.95 bits per heavy atom. The Labute approximate surface area is 153 Å². The summed E-state index contributed by atoms with van der Waals surface area (Å²) < 4.78 is 42.6. The van der Waals surface area contributed by atoms with E-state index in [-0.39, 0.29) is 10.6 Å². The van der Waals surface area contributed by atoms with E-state index in [1.807, 2.05) is 22.6 Å². The van der Waals surface area contributed by atoms with Gasteiger partial charge in [0.15, 0.2) is 0 Å². The topological polar surface area (TPSA) is 74.8 Å². The highest BCUT2D eigenvalue weighted by molar-refractivity contribution is 14.1. The van der Waals surface area contributed by atoms with Crippen LogP contribution in [0.4, 0.5) is 10.1 Å². The summed E-state index contributed by atoms with van der Waals surface area (Å²) in [6.45, 7) is 0. The van der Waals surface area contributed by atoms with Gasteiger partial charge >= 0.3 is 0 Å². The molecule has 1 aromatic carbocycles. The maximum absolute atomic E-state index is 13.8. The summed E-state index contributed by atoms with van der Waals surface area (Å²) in [5, 5.41) is 0.463. The Balaban J connectivity index is 2.06. The minimum atomic E-state index is -3.92. The highest BCUT2D eigenvalue weighted by atomic mass is 127. The normalized spacial score (nSPS) is 11.8. The van der Waals surface area contributed by atoms with Gasteiger partial charge in [-0.15, -0.1) is 0 Å². The van der Waals surface area contributed by atoms with Gasteiger partial charge in [0.2, 0.25) is 0 Å². The lowest BCUT2D eigenvalue weighted by molar-refractivity contribution is 0.599. The second-order valence-corrected chi connectivity index (χ2v) is 8.57. The first-order valence-corrected chi connectivity index (χ1v) is 9.61. The molecular weight excluding hydrogens is 535 g/mol. The first kappa shape index (κ1) is 15.9. The molecule has 0 bridgehead atoms. The molecule has 0 radical (unpaired) electrons. The molecule has 0 atom stereocenters. The number of aromatic amines is 1. The maximum atomic E-state index is 13.8. The zero-order chi connectivity index (χ0) is 15.9. The number of H-pyrrole nitrogens is 1. The van der Waals surface area contributed by atoms with Crippen LogP contribution in [0.15, 0.2) is 41.6 Å². The first-order chi connectivity index (χ1) is 10.4. The second-order valence-electron chi connectivity index (χ2n) is 4.43. The molecule has 114 valence electrons. The van der Waals surface area contributed by atoms with Crippen molar-refractivity contribution in [1.82, 2.24) is 9.97 Å². The van der Waals surface area contributed by atoms with E-state index in [1.54, 1.807) is 18.3 Å². The van der Waals surface area contributed by atoms with Gasteiger partial charge in [-0.05, 0) is 69.4 Å². The molecule has 0 aliphatic heterocycles. The lowest BCUT2D eigenvalue weighted by Gasteiger charge is -2.08. The van der Waals surface area contributed by atoms with E-state index in [1.165, 1.54) is 18.3 Å². The van der Waals surface area contributed by atoms with Crippen molar-refractivity contribution >= 4 is 71.9 Å². The molecule has 9 heteroatoms. The highest BCUT2D eigenvalue weighted by Crippen LogP contribution is 2.26. The predicted molar refractivity (Wildman–Crippen MR) is 98.7 cm³/mol. The number of anilines is 1. The van der Waals surface area contributed by atoms with Gasteiger partial charge in [0.1, 0.15) is 16.4 Å². The van der Waals surface area contributed by atoms with Gasteiger partial charge in [-0.1, -0.05) is 0 Å². The lowest BCUT2D eigenvalue weighted by atomic mass is 10.3. The predicted octanol–water partition coefficient (Wildman–Crippen LogP) is 3.71. The van der Waals surface area contributed by atoms with E-state index in [0.717, 1.165) is 3.57 Å². The van der Waals surface area contributed by atoms with Crippen molar-refractivity contribution in [3.05, 3.63) is 49.6 Å².